The summed E-state index contributed by atoms with van der Waals surface area (Å²) in [5.41, 5.74) is 14.4. The molecule has 2 aliphatic heterocycles. The van der Waals surface area contributed by atoms with Crippen molar-refractivity contribution in [3.63, 3.8) is 0 Å². The van der Waals surface area contributed by atoms with E-state index in [1.54, 1.807) is 0 Å². The molecule has 0 radical (unpaired) electrons. The van der Waals surface area contributed by atoms with Gasteiger partial charge in [-0.3, -0.25) is 5.43 Å². The first-order valence-corrected chi connectivity index (χ1v) is 7.66. The van der Waals surface area contributed by atoms with Gasteiger partial charge < -0.3 is 10.6 Å². The number of hydrogen-bond donors (Lipinski definition) is 3. The van der Waals surface area contributed by atoms with Gasteiger partial charge in [0.2, 0.25) is 0 Å². The summed E-state index contributed by atoms with van der Waals surface area (Å²) in [6, 6.07) is 11.2. The number of hydrazine groups is 1. The van der Waals surface area contributed by atoms with Crippen LogP contribution in [0.1, 0.15) is 24.9 Å². The maximum absolute atomic E-state index is 5.91. The van der Waals surface area contributed by atoms with Gasteiger partial charge in [0, 0.05) is 25.6 Å². The van der Waals surface area contributed by atoms with Crippen molar-refractivity contribution in [3.05, 3.63) is 35.9 Å². The Morgan fingerprint density at radius 2 is 2.15 bits per heavy atom. The average Bonchev–Trinajstić information content (AvgIpc) is 3.08. The van der Waals surface area contributed by atoms with E-state index >= 15 is 0 Å². The van der Waals surface area contributed by atoms with Crippen molar-refractivity contribution in [2.45, 2.75) is 19.4 Å². The summed E-state index contributed by atoms with van der Waals surface area (Å²) in [6.45, 7) is 7.62. The van der Waals surface area contributed by atoms with Crippen LogP contribution >= 0.6 is 0 Å². The Kier molecular flexibility index (Phi) is 4.08. The van der Waals surface area contributed by atoms with E-state index in [0.29, 0.717) is 17.4 Å². The minimum absolute atomic E-state index is 0.321. The summed E-state index contributed by atoms with van der Waals surface area (Å²) in [5, 5.41) is 0. The topological polar surface area (TPSA) is 53.3 Å². The van der Waals surface area contributed by atoms with Gasteiger partial charge in [0.25, 0.3) is 0 Å². The summed E-state index contributed by atoms with van der Waals surface area (Å²) in [6.07, 6.45) is 1.23. The molecule has 4 N–H and O–H groups in total. The van der Waals surface area contributed by atoms with E-state index in [9.17, 15) is 0 Å². The molecule has 0 amide bonds. The van der Waals surface area contributed by atoms with Gasteiger partial charge in [-0.15, -0.1) is 0 Å². The molecule has 1 aromatic carbocycles. The predicted octanol–water partition coefficient (Wildman–Crippen LogP) is 1.12. The Hall–Kier alpha value is -0.940. The highest BCUT2D eigenvalue weighted by Gasteiger charge is 2.36. The summed E-state index contributed by atoms with van der Waals surface area (Å²) >= 11 is 0. The molecule has 4 nitrogen and oxygen atoms in total. The van der Waals surface area contributed by atoms with Gasteiger partial charge in [0.15, 0.2) is 0 Å². The quantitative estimate of drug-likeness (QED) is 0.770. The Balaban J connectivity index is 1.63. The molecule has 1 aromatic rings. The molecule has 0 aromatic heterocycles. The number of rotatable bonds is 4. The van der Waals surface area contributed by atoms with Crippen LogP contribution in [0.2, 0.25) is 0 Å². The molecule has 2 aliphatic rings. The van der Waals surface area contributed by atoms with E-state index in [4.69, 9.17) is 5.73 Å². The van der Waals surface area contributed by atoms with Crippen molar-refractivity contribution in [2.24, 2.45) is 17.1 Å². The normalized spacial score (nSPS) is 34.7. The first-order valence-electron chi connectivity index (χ1n) is 7.66. The number of likely N-dealkylation sites (tertiary alicyclic amines) is 1. The lowest BCUT2D eigenvalue weighted by Crippen LogP contribution is -2.35. The van der Waals surface area contributed by atoms with Gasteiger partial charge in [-0.1, -0.05) is 37.3 Å². The summed E-state index contributed by atoms with van der Waals surface area (Å²) in [4.78, 5) is 2.59. The molecule has 2 saturated heterocycles. The van der Waals surface area contributed by atoms with Crippen LogP contribution in [-0.4, -0.2) is 37.6 Å². The highest BCUT2D eigenvalue weighted by Crippen LogP contribution is 2.31. The molecule has 3 unspecified atom stereocenters. The van der Waals surface area contributed by atoms with Crippen molar-refractivity contribution in [1.82, 2.24) is 15.8 Å². The zero-order chi connectivity index (χ0) is 14.0. The molecule has 0 bridgehead atoms. The Labute approximate surface area is 121 Å². The summed E-state index contributed by atoms with van der Waals surface area (Å²) in [5.74, 6) is 0.623. The zero-order valence-corrected chi connectivity index (χ0v) is 12.3. The van der Waals surface area contributed by atoms with E-state index in [2.05, 4.69) is 53.0 Å². The van der Waals surface area contributed by atoms with Gasteiger partial charge >= 0.3 is 0 Å². The van der Waals surface area contributed by atoms with Gasteiger partial charge in [-0.25, -0.2) is 5.43 Å². The molecule has 2 heterocycles. The number of nitrogens with zero attached hydrogens (tertiary/aromatic N) is 1. The molecule has 20 heavy (non-hydrogen) atoms. The molecule has 4 heteroatoms. The molecule has 0 spiro atoms. The molecule has 2 fully saturated rings. The van der Waals surface area contributed by atoms with Crippen LogP contribution in [0.3, 0.4) is 0 Å². The second-order valence-electron chi connectivity index (χ2n) is 6.67. The van der Waals surface area contributed by atoms with Crippen molar-refractivity contribution in [1.29, 1.82) is 0 Å². The Bertz CT molecular complexity index is 435. The smallest absolute Gasteiger partial charge is 0.0515 e. The zero-order valence-electron chi connectivity index (χ0n) is 12.3. The van der Waals surface area contributed by atoms with E-state index in [-0.39, 0.29) is 0 Å². The molecule has 0 saturated carbocycles. The van der Waals surface area contributed by atoms with Crippen LogP contribution in [0.4, 0.5) is 0 Å². The SMILES string of the molecule is CC1(CN)CCN(CC2CNNC2c2ccccc2)C1. The largest absolute Gasteiger partial charge is 0.330 e. The number of nitrogens with one attached hydrogen (secondary N) is 2. The lowest BCUT2D eigenvalue weighted by atomic mass is 9.90. The van der Waals surface area contributed by atoms with E-state index in [0.717, 1.165) is 26.2 Å². The van der Waals surface area contributed by atoms with Gasteiger partial charge in [-0.05, 0) is 30.5 Å². The first kappa shape index (κ1) is 14.0. The summed E-state index contributed by atoms with van der Waals surface area (Å²) < 4.78 is 0. The van der Waals surface area contributed by atoms with Crippen LogP contribution in [0.15, 0.2) is 30.3 Å². The minimum Gasteiger partial charge on any atom is -0.330 e. The van der Waals surface area contributed by atoms with Crippen LogP contribution in [0, 0.1) is 11.3 Å². The highest BCUT2D eigenvalue weighted by molar-refractivity contribution is 5.20. The van der Waals surface area contributed by atoms with Gasteiger partial charge in [-0.2, -0.15) is 0 Å². The Morgan fingerprint density at radius 1 is 1.35 bits per heavy atom. The maximum Gasteiger partial charge on any atom is 0.0515 e. The van der Waals surface area contributed by atoms with Crippen molar-refractivity contribution in [3.8, 4) is 0 Å². The monoisotopic (exact) mass is 274 g/mol. The fourth-order valence-corrected chi connectivity index (χ4v) is 3.50. The number of nitrogens with two attached hydrogens (primary N) is 1. The lowest BCUT2D eigenvalue weighted by Gasteiger charge is -2.26. The van der Waals surface area contributed by atoms with Crippen molar-refractivity contribution < 1.29 is 0 Å². The highest BCUT2D eigenvalue weighted by atomic mass is 15.4. The van der Waals surface area contributed by atoms with E-state index in [1.165, 1.54) is 18.5 Å². The molecular formula is C16H26N4. The first-order chi connectivity index (χ1) is 9.70. The molecular weight excluding hydrogens is 248 g/mol. The third-order valence-corrected chi connectivity index (χ3v) is 4.87. The van der Waals surface area contributed by atoms with E-state index in [1.807, 2.05) is 0 Å². The summed E-state index contributed by atoms with van der Waals surface area (Å²) in [7, 11) is 0. The lowest BCUT2D eigenvalue weighted by molar-refractivity contribution is 0.239. The van der Waals surface area contributed by atoms with Crippen molar-refractivity contribution >= 4 is 0 Å². The van der Waals surface area contributed by atoms with Crippen molar-refractivity contribution in [2.75, 3.05) is 32.7 Å². The fourth-order valence-electron chi connectivity index (χ4n) is 3.50. The molecule has 0 aliphatic carbocycles. The van der Waals surface area contributed by atoms with Crippen LogP contribution in [0.25, 0.3) is 0 Å². The second-order valence-corrected chi connectivity index (χ2v) is 6.67. The molecule has 110 valence electrons. The van der Waals surface area contributed by atoms with Crippen LogP contribution < -0.4 is 16.6 Å². The minimum atomic E-state index is 0.321. The third kappa shape index (κ3) is 2.88. The van der Waals surface area contributed by atoms with E-state index < -0.39 is 0 Å². The Morgan fingerprint density at radius 3 is 2.85 bits per heavy atom. The second kappa shape index (κ2) is 5.82. The standard InChI is InChI=1S/C16H26N4/c1-16(11-17)7-8-20(12-16)10-14-9-18-19-15(14)13-5-3-2-4-6-13/h2-6,14-15,18-19H,7-12,17H2,1H3. The maximum atomic E-state index is 5.91. The third-order valence-electron chi connectivity index (χ3n) is 4.87. The molecule has 3 rings (SSSR count). The predicted molar refractivity (Wildman–Crippen MR) is 82.0 cm³/mol. The number of hydrogen-bond acceptors (Lipinski definition) is 4. The average molecular weight is 274 g/mol. The van der Waals surface area contributed by atoms with Gasteiger partial charge in [0.05, 0.1) is 6.04 Å². The fraction of sp³-hybridized carbons (Fsp3) is 0.625. The number of benzene rings is 1. The van der Waals surface area contributed by atoms with Crippen LogP contribution in [0.5, 0.6) is 0 Å². The van der Waals surface area contributed by atoms with Gasteiger partial charge in [0.1, 0.15) is 0 Å². The molecule has 3 atom stereocenters. The van der Waals surface area contributed by atoms with Crippen LogP contribution in [-0.2, 0) is 0 Å².